The van der Waals surface area contributed by atoms with Crippen LogP contribution in [0.1, 0.15) is 46.0 Å². The first-order valence-corrected chi connectivity index (χ1v) is 8.61. The van der Waals surface area contributed by atoms with Gasteiger partial charge in [0.2, 0.25) is 0 Å². The lowest BCUT2D eigenvalue weighted by Crippen LogP contribution is -2.30. The maximum Gasteiger partial charge on any atom is 0.0589 e. The van der Waals surface area contributed by atoms with Crippen molar-refractivity contribution in [2.45, 2.75) is 46.0 Å². The second-order valence-corrected chi connectivity index (χ2v) is 6.19. The van der Waals surface area contributed by atoms with Crippen molar-refractivity contribution in [3.05, 3.63) is 0 Å². The largest absolute Gasteiger partial charge is 0.385 e. The van der Waals surface area contributed by atoms with Crippen LogP contribution in [0.3, 0.4) is 0 Å². The molecule has 0 aromatic rings. The molecule has 128 valence electrons. The van der Waals surface area contributed by atoms with Gasteiger partial charge in [-0.3, -0.25) is 0 Å². The highest BCUT2D eigenvalue weighted by molar-refractivity contribution is 4.59. The van der Waals surface area contributed by atoms with Gasteiger partial charge in [-0.2, -0.15) is 0 Å². The normalized spacial score (nSPS) is 11.7. The summed E-state index contributed by atoms with van der Waals surface area (Å²) < 4.78 is 10.3. The minimum atomic E-state index is 0.756. The van der Waals surface area contributed by atoms with Crippen molar-refractivity contribution in [3.63, 3.8) is 0 Å². The SMILES string of the molecule is COCCCN(CCCCCCNCC(C)C)CCOC. The van der Waals surface area contributed by atoms with Gasteiger partial charge >= 0.3 is 0 Å². The summed E-state index contributed by atoms with van der Waals surface area (Å²) in [7, 11) is 3.55. The molecule has 0 saturated carbocycles. The number of nitrogens with zero attached hydrogens (tertiary/aromatic N) is 1. The van der Waals surface area contributed by atoms with E-state index in [-0.39, 0.29) is 0 Å². The predicted octanol–water partition coefficient (Wildman–Crippen LogP) is 2.78. The third-order valence-electron chi connectivity index (χ3n) is 3.56. The molecule has 0 aliphatic rings. The summed E-state index contributed by atoms with van der Waals surface area (Å²) in [6.45, 7) is 11.8. The smallest absolute Gasteiger partial charge is 0.0589 e. The third-order valence-corrected chi connectivity index (χ3v) is 3.56. The summed E-state index contributed by atoms with van der Waals surface area (Å²) >= 11 is 0. The van der Waals surface area contributed by atoms with Crippen LogP contribution in [0.25, 0.3) is 0 Å². The van der Waals surface area contributed by atoms with Gasteiger partial charge in [-0.25, -0.2) is 0 Å². The summed E-state index contributed by atoms with van der Waals surface area (Å²) in [5, 5.41) is 3.51. The van der Waals surface area contributed by atoms with Crippen LogP contribution < -0.4 is 5.32 Å². The Labute approximate surface area is 132 Å². The van der Waals surface area contributed by atoms with E-state index >= 15 is 0 Å². The van der Waals surface area contributed by atoms with Crippen molar-refractivity contribution in [2.24, 2.45) is 5.92 Å². The number of unbranched alkanes of at least 4 members (excludes halogenated alkanes) is 3. The van der Waals surface area contributed by atoms with E-state index < -0.39 is 0 Å². The molecule has 21 heavy (non-hydrogen) atoms. The van der Waals surface area contributed by atoms with Crippen LogP contribution in [-0.2, 0) is 9.47 Å². The number of hydrogen-bond acceptors (Lipinski definition) is 4. The average molecular weight is 303 g/mol. The molecule has 4 heteroatoms. The van der Waals surface area contributed by atoms with E-state index in [1.54, 1.807) is 14.2 Å². The molecule has 0 heterocycles. The van der Waals surface area contributed by atoms with Crippen LogP contribution in [0.15, 0.2) is 0 Å². The molecule has 0 rings (SSSR count). The fraction of sp³-hybridized carbons (Fsp3) is 1.00. The van der Waals surface area contributed by atoms with E-state index in [9.17, 15) is 0 Å². The second-order valence-electron chi connectivity index (χ2n) is 6.19. The lowest BCUT2D eigenvalue weighted by Gasteiger charge is -2.21. The fourth-order valence-corrected chi connectivity index (χ4v) is 2.32. The highest BCUT2D eigenvalue weighted by Crippen LogP contribution is 2.03. The Bertz CT molecular complexity index is 201. The third kappa shape index (κ3) is 16.0. The molecular formula is C17H38N2O2. The minimum Gasteiger partial charge on any atom is -0.385 e. The standard InChI is InChI=1S/C17H38N2O2/c1-17(2)16-18-10-7-5-6-8-11-19(13-15-21-4)12-9-14-20-3/h17-18H,5-16H2,1-4H3. The van der Waals surface area contributed by atoms with Gasteiger partial charge in [-0.1, -0.05) is 26.7 Å². The molecule has 0 saturated heterocycles. The molecule has 0 bridgehead atoms. The number of methoxy groups -OCH3 is 2. The first-order valence-electron chi connectivity index (χ1n) is 8.61. The van der Waals surface area contributed by atoms with Crippen LogP contribution in [0.4, 0.5) is 0 Å². The molecule has 0 radical (unpaired) electrons. The summed E-state index contributed by atoms with van der Waals surface area (Å²) in [6.07, 6.45) is 6.37. The molecule has 0 aromatic carbocycles. The van der Waals surface area contributed by atoms with Crippen LogP contribution in [0, 0.1) is 5.92 Å². The van der Waals surface area contributed by atoms with Gasteiger partial charge in [0.15, 0.2) is 0 Å². The molecule has 4 nitrogen and oxygen atoms in total. The van der Waals surface area contributed by atoms with Crippen molar-refractivity contribution in [1.82, 2.24) is 10.2 Å². The molecule has 0 aliphatic heterocycles. The minimum absolute atomic E-state index is 0.756. The van der Waals surface area contributed by atoms with E-state index in [2.05, 4.69) is 24.1 Å². The summed E-state index contributed by atoms with van der Waals surface area (Å²) in [6, 6.07) is 0. The summed E-state index contributed by atoms with van der Waals surface area (Å²) in [5.41, 5.74) is 0. The Morgan fingerprint density at radius 3 is 2.14 bits per heavy atom. The zero-order valence-corrected chi connectivity index (χ0v) is 14.8. The Morgan fingerprint density at radius 2 is 1.48 bits per heavy atom. The second kappa shape index (κ2) is 16.2. The van der Waals surface area contributed by atoms with E-state index in [1.807, 2.05) is 0 Å². The first-order chi connectivity index (χ1) is 10.2. The molecule has 0 unspecified atom stereocenters. The fourth-order valence-electron chi connectivity index (χ4n) is 2.32. The quantitative estimate of drug-likeness (QED) is 0.445. The number of rotatable bonds is 16. The lowest BCUT2D eigenvalue weighted by molar-refractivity contribution is 0.131. The van der Waals surface area contributed by atoms with Crippen LogP contribution in [-0.4, -0.2) is 65.1 Å². The van der Waals surface area contributed by atoms with Gasteiger partial charge in [0.25, 0.3) is 0 Å². The highest BCUT2D eigenvalue weighted by Gasteiger charge is 2.04. The van der Waals surface area contributed by atoms with E-state index in [0.717, 1.165) is 45.2 Å². The van der Waals surface area contributed by atoms with Crippen molar-refractivity contribution >= 4 is 0 Å². The van der Waals surface area contributed by atoms with Gasteiger partial charge in [0.05, 0.1) is 6.61 Å². The first kappa shape index (κ1) is 20.8. The zero-order valence-electron chi connectivity index (χ0n) is 14.8. The van der Waals surface area contributed by atoms with Crippen molar-refractivity contribution in [3.8, 4) is 0 Å². The topological polar surface area (TPSA) is 33.7 Å². The lowest BCUT2D eigenvalue weighted by atomic mass is 10.1. The van der Waals surface area contributed by atoms with Crippen LogP contribution >= 0.6 is 0 Å². The number of ether oxygens (including phenoxy) is 2. The van der Waals surface area contributed by atoms with Crippen molar-refractivity contribution in [1.29, 1.82) is 0 Å². The van der Waals surface area contributed by atoms with Crippen molar-refractivity contribution < 1.29 is 9.47 Å². The molecule has 0 fully saturated rings. The molecule has 0 aromatic heterocycles. The molecule has 1 N–H and O–H groups in total. The molecule has 0 atom stereocenters. The molecule has 0 spiro atoms. The maximum atomic E-state index is 5.19. The summed E-state index contributed by atoms with van der Waals surface area (Å²) in [4.78, 5) is 2.50. The Balaban J connectivity index is 3.48. The van der Waals surface area contributed by atoms with Gasteiger partial charge in [-0.15, -0.1) is 0 Å². The zero-order chi connectivity index (χ0) is 15.8. The number of nitrogens with one attached hydrogen (secondary N) is 1. The number of hydrogen-bond donors (Lipinski definition) is 1. The van der Waals surface area contributed by atoms with Gasteiger partial charge in [0, 0.05) is 33.9 Å². The van der Waals surface area contributed by atoms with Crippen LogP contribution in [0.5, 0.6) is 0 Å². The molecule has 0 aliphatic carbocycles. The van der Waals surface area contributed by atoms with E-state index in [4.69, 9.17) is 9.47 Å². The predicted molar refractivity (Wildman–Crippen MR) is 91.0 cm³/mol. The Hall–Kier alpha value is -0.160. The van der Waals surface area contributed by atoms with E-state index in [0.29, 0.717) is 0 Å². The van der Waals surface area contributed by atoms with Crippen molar-refractivity contribution in [2.75, 3.05) is 60.2 Å². The molecule has 0 amide bonds. The summed E-state index contributed by atoms with van der Waals surface area (Å²) in [5.74, 6) is 0.756. The molecular weight excluding hydrogens is 264 g/mol. The van der Waals surface area contributed by atoms with E-state index in [1.165, 1.54) is 38.8 Å². The van der Waals surface area contributed by atoms with Gasteiger partial charge in [0.1, 0.15) is 0 Å². The Morgan fingerprint density at radius 1 is 0.810 bits per heavy atom. The van der Waals surface area contributed by atoms with Gasteiger partial charge < -0.3 is 19.7 Å². The maximum absolute atomic E-state index is 5.19. The average Bonchev–Trinajstić information content (AvgIpc) is 2.46. The monoisotopic (exact) mass is 302 g/mol. The highest BCUT2D eigenvalue weighted by atomic mass is 16.5. The van der Waals surface area contributed by atoms with Gasteiger partial charge in [-0.05, 0) is 44.8 Å². The van der Waals surface area contributed by atoms with Crippen LogP contribution in [0.2, 0.25) is 0 Å². The Kier molecular flexibility index (Phi) is 16.1.